The lowest BCUT2D eigenvalue weighted by Crippen LogP contribution is -1.96. The molecule has 0 aliphatic heterocycles. The van der Waals surface area contributed by atoms with Crippen LogP contribution in [0, 0.1) is 0 Å². The minimum absolute atomic E-state index is 0.258. The molecule has 0 radical (unpaired) electrons. The molecule has 0 aliphatic carbocycles. The highest BCUT2D eigenvalue weighted by atomic mass is 16.4. The second-order valence-electron chi connectivity index (χ2n) is 5.71. The van der Waals surface area contributed by atoms with E-state index in [4.69, 9.17) is 10.2 Å². The van der Waals surface area contributed by atoms with Crippen LogP contribution in [0.5, 0.6) is 0 Å². The molecular weight excluding hydrogens is 304 g/mol. The number of carboxylic acids is 2. The van der Waals surface area contributed by atoms with Gasteiger partial charge in [0.1, 0.15) is 0 Å². The van der Waals surface area contributed by atoms with Crippen molar-refractivity contribution in [3.63, 3.8) is 0 Å². The Kier molecular flexibility index (Phi) is 3.00. The van der Waals surface area contributed by atoms with E-state index in [9.17, 15) is 9.59 Å². The van der Waals surface area contributed by atoms with Crippen molar-refractivity contribution in [2.45, 2.75) is 0 Å². The molecule has 0 spiro atoms. The molecule has 0 amide bonds. The van der Waals surface area contributed by atoms with Gasteiger partial charge in [-0.15, -0.1) is 0 Å². The van der Waals surface area contributed by atoms with Gasteiger partial charge in [0.2, 0.25) is 0 Å². The summed E-state index contributed by atoms with van der Waals surface area (Å²) < 4.78 is 0. The first-order valence-electron chi connectivity index (χ1n) is 7.40. The maximum atomic E-state index is 11.1. The SMILES string of the molecule is O=C(O)c1ccc2c(ccc3c4ccc(C(=O)O)cc4ccc23)c1. The predicted octanol–water partition coefficient (Wildman–Crippen LogP) is 4.54. The van der Waals surface area contributed by atoms with Crippen LogP contribution in [0.25, 0.3) is 32.3 Å². The highest BCUT2D eigenvalue weighted by molar-refractivity contribution is 6.18. The third-order valence-corrected chi connectivity index (χ3v) is 4.33. The summed E-state index contributed by atoms with van der Waals surface area (Å²) in [6, 6.07) is 17.9. The lowest BCUT2D eigenvalue weighted by atomic mass is 9.95. The van der Waals surface area contributed by atoms with Crippen molar-refractivity contribution >= 4 is 44.3 Å². The summed E-state index contributed by atoms with van der Waals surface area (Å²) in [7, 11) is 0. The molecule has 0 atom stereocenters. The normalized spacial score (nSPS) is 11.2. The van der Waals surface area contributed by atoms with Crippen LogP contribution in [-0.2, 0) is 0 Å². The minimum atomic E-state index is -0.947. The van der Waals surface area contributed by atoms with E-state index < -0.39 is 11.9 Å². The lowest BCUT2D eigenvalue weighted by molar-refractivity contribution is 0.0686. The van der Waals surface area contributed by atoms with Gasteiger partial charge in [0.15, 0.2) is 0 Å². The van der Waals surface area contributed by atoms with Crippen LogP contribution in [-0.4, -0.2) is 22.2 Å². The predicted molar refractivity (Wildman–Crippen MR) is 92.9 cm³/mol. The smallest absolute Gasteiger partial charge is 0.335 e. The molecule has 0 fully saturated rings. The Morgan fingerprint density at radius 3 is 1.29 bits per heavy atom. The van der Waals surface area contributed by atoms with E-state index in [2.05, 4.69) is 0 Å². The molecule has 0 saturated heterocycles. The average molecular weight is 316 g/mol. The van der Waals surface area contributed by atoms with Crippen molar-refractivity contribution in [3.8, 4) is 0 Å². The number of benzene rings is 4. The molecule has 4 rings (SSSR count). The Labute approximate surface area is 136 Å². The molecule has 0 saturated carbocycles. The van der Waals surface area contributed by atoms with Crippen LogP contribution in [0.1, 0.15) is 20.7 Å². The molecule has 24 heavy (non-hydrogen) atoms. The fraction of sp³-hybridized carbons (Fsp3) is 0. The van der Waals surface area contributed by atoms with E-state index in [-0.39, 0.29) is 11.1 Å². The van der Waals surface area contributed by atoms with Gasteiger partial charge in [0.25, 0.3) is 0 Å². The number of rotatable bonds is 2. The molecule has 0 bridgehead atoms. The molecule has 0 aromatic heterocycles. The lowest BCUT2D eigenvalue weighted by Gasteiger charge is -2.09. The van der Waals surface area contributed by atoms with Crippen molar-refractivity contribution in [1.82, 2.24) is 0 Å². The summed E-state index contributed by atoms with van der Waals surface area (Å²) in [6.45, 7) is 0. The summed E-state index contributed by atoms with van der Waals surface area (Å²) in [5.74, 6) is -1.89. The topological polar surface area (TPSA) is 74.6 Å². The number of hydrogen-bond acceptors (Lipinski definition) is 2. The Morgan fingerprint density at radius 2 is 0.917 bits per heavy atom. The Balaban J connectivity index is 2.05. The largest absolute Gasteiger partial charge is 0.478 e. The van der Waals surface area contributed by atoms with Crippen LogP contribution in [0.2, 0.25) is 0 Å². The second kappa shape index (κ2) is 5.06. The zero-order valence-electron chi connectivity index (χ0n) is 12.5. The monoisotopic (exact) mass is 316 g/mol. The number of carboxylic acid groups (broad SMARTS) is 2. The molecular formula is C20H12O4. The maximum Gasteiger partial charge on any atom is 0.335 e. The zero-order chi connectivity index (χ0) is 16.8. The Hall–Kier alpha value is -3.40. The number of aromatic carboxylic acids is 2. The van der Waals surface area contributed by atoms with E-state index in [1.807, 2.05) is 36.4 Å². The van der Waals surface area contributed by atoms with E-state index in [1.165, 1.54) is 0 Å². The molecule has 4 nitrogen and oxygen atoms in total. The summed E-state index contributed by atoms with van der Waals surface area (Å²) in [5, 5.41) is 23.9. The highest BCUT2D eigenvalue weighted by Crippen LogP contribution is 2.32. The quantitative estimate of drug-likeness (QED) is 0.532. The summed E-state index contributed by atoms with van der Waals surface area (Å²) in [4.78, 5) is 22.2. The fourth-order valence-electron chi connectivity index (χ4n) is 3.15. The van der Waals surface area contributed by atoms with Crippen LogP contribution < -0.4 is 0 Å². The van der Waals surface area contributed by atoms with Gasteiger partial charge in [0.05, 0.1) is 11.1 Å². The van der Waals surface area contributed by atoms with Crippen LogP contribution in [0.15, 0.2) is 60.7 Å². The van der Waals surface area contributed by atoms with E-state index in [0.29, 0.717) is 0 Å². The van der Waals surface area contributed by atoms with Gasteiger partial charge in [-0.3, -0.25) is 0 Å². The van der Waals surface area contributed by atoms with Crippen LogP contribution in [0.4, 0.5) is 0 Å². The Morgan fingerprint density at radius 1 is 0.542 bits per heavy atom. The molecule has 0 aliphatic rings. The van der Waals surface area contributed by atoms with Gasteiger partial charge >= 0.3 is 11.9 Å². The molecule has 4 aromatic rings. The van der Waals surface area contributed by atoms with Crippen molar-refractivity contribution in [1.29, 1.82) is 0 Å². The molecule has 0 heterocycles. The van der Waals surface area contributed by atoms with Gasteiger partial charge in [-0.1, -0.05) is 36.4 Å². The second-order valence-corrected chi connectivity index (χ2v) is 5.71. The van der Waals surface area contributed by atoms with Crippen LogP contribution >= 0.6 is 0 Å². The van der Waals surface area contributed by atoms with E-state index in [1.54, 1.807) is 24.3 Å². The highest BCUT2D eigenvalue weighted by Gasteiger charge is 2.09. The summed E-state index contributed by atoms with van der Waals surface area (Å²) in [6.07, 6.45) is 0. The van der Waals surface area contributed by atoms with Gasteiger partial charge in [0, 0.05) is 0 Å². The molecule has 2 N–H and O–H groups in total. The number of carbonyl (C=O) groups is 2. The van der Waals surface area contributed by atoms with Crippen molar-refractivity contribution in [2.24, 2.45) is 0 Å². The van der Waals surface area contributed by atoms with Crippen molar-refractivity contribution in [3.05, 3.63) is 71.8 Å². The molecule has 4 heteroatoms. The zero-order valence-corrected chi connectivity index (χ0v) is 12.5. The number of hydrogen-bond donors (Lipinski definition) is 2. The first kappa shape index (κ1) is 14.2. The van der Waals surface area contributed by atoms with Crippen molar-refractivity contribution in [2.75, 3.05) is 0 Å². The summed E-state index contributed by atoms with van der Waals surface area (Å²) in [5.41, 5.74) is 0.516. The minimum Gasteiger partial charge on any atom is -0.478 e. The molecule has 116 valence electrons. The molecule has 4 aromatic carbocycles. The van der Waals surface area contributed by atoms with Crippen molar-refractivity contribution < 1.29 is 19.8 Å². The molecule has 0 unspecified atom stereocenters. The van der Waals surface area contributed by atoms with Gasteiger partial charge < -0.3 is 10.2 Å². The van der Waals surface area contributed by atoms with Gasteiger partial charge in [-0.25, -0.2) is 9.59 Å². The maximum absolute atomic E-state index is 11.1. The van der Waals surface area contributed by atoms with Gasteiger partial charge in [-0.05, 0) is 56.6 Å². The third kappa shape index (κ3) is 2.08. The van der Waals surface area contributed by atoms with E-state index >= 15 is 0 Å². The van der Waals surface area contributed by atoms with Gasteiger partial charge in [-0.2, -0.15) is 0 Å². The fourth-order valence-corrected chi connectivity index (χ4v) is 3.15. The summed E-state index contributed by atoms with van der Waals surface area (Å²) >= 11 is 0. The standard InChI is InChI=1S/C20H12O4/c21-19(22)13-3-5-15-11(9-13)1-7-17-16-6-4-14(20(23)24)10-12(16)2-8-18(15)17/h1-10H,(H,21,22)(H,23,24). The number of fused-ring (bicyclic) bond motifs is 5. The van der Waals surface area contributed by atoms with Crippen LogP contribution in [0.3, 0.4) is 0 Å². The average Bonchev–Trinajstić information content (AvgIpc) is 2.59. The third-order valence-electron chi connectivity index (χ3n) is 4.33. The Bertz CT molecular complexity index is 1070. The first-order valence-corrected chi connectivity index (χ1v) is 7.40. The van der Waals surface area contributed by atoms with E-state index in [0.717, 1.165) is 32.3 Å². The first-order chi connectivity index (χ1) is 11.5.